The number of hydrogen-bond acceptors (Lipinski definition) is 2. The molecule has 3 nitrogen and oxygen atoms in total. The summed E-state index contributed by atoms with van der Waals surface area (Å²) in [6, 6.07) is 10.7. The van der Waals surface area contributed by atoms with Gasteiger partial charge < -0.3 is 9.84 Å². The molecule has 2 aromatic carbocycles. The number of benzene rings is 2. The van der Waals surface area contributed by atoms with Gasteiger partial charge in [-0.25, -0.2) is 13.6 Å². The third-order valence-corrected chi connectivity index (χ3v) is 2.46. The van der Waals surface area contributed by atoms with Gasteiger partial charge in [0, 0.05) is 11.6 Å². The molecule has 1 N–H and O–H groups in total. The highest BCUT2D eigenvalue weighted by atomic mass is 19.1. The molecule has 0 aliphatic rings. The maximum absolute atomic E-state index is 13.4. The molecule has 0 saturated carbocycles. The third-order valence-electron chi connectivity index (χ3n) is 2.46. The highest BCUT2D eigenvalue weighted by Gasteiger charge is 2.23. The zero-order valence-corrected chi connectivity index (χ0v) is 9.72. The van der Waals surface area contributed by atoms with Crippen LogP contribution in [0.3, 0.4) is 0 Å². The summed E-state index contributed by atoms with van der Waals surface area (Å²) >= 11 is 0. The second-order valence-corrected chi connectivity index (χ2v) is 3.82. The van der Waals surface area contributed by atoms with Crippen molar-refractivity contribution < 1.29 is 23.4 Å². The topological polar surface area (TPSA) is 46.5 Å². The summed E-state index contributed by atoms with van der Waals surface area (Å²) in [6.07, 6.45) is -1.39. The molecule has 2 aromatic rings. The van der Waals surface area contributed by atoms with Crippen LogP contribution in [0.2, 0.25) is 0 Å². The molecule has 2 rings (SSSR count). The van der Waals surface area contributed by atoms with Gasteiger partial charge in [0.15, 0.2) is 11.6 Å². The molecule has 0 radical (unpaired) electrons. The summed E-state index contributed by atoms with van der Waals surface area (Å²) in [5.41, 5.74) is 0.346. The van der Waals surface area contributed by atoms with Crippen LogP contribution in [0.25, 0.3) is 0 Å². The van der Waals surface area contributed by atoms with Gasteiger partial charge in [0.05, 0.1) is 0 Å². The fourth-order valence-electron chi connectivity index (χ4n) is 1.58. The van der Waals surface area contributed by atoms with Crippen LogP contribution in [-0.4, -0.2) is 11.1 Å². The van der Waals surface area contributed by atoms with Gasteiger partial charge in [-0.3, -0.25) is 0 Å². The lowest BCUT2D eigenvalue weighted by Crippen LogP contribution is -2.18. The third kappa shape index (κ3) is 3.07. The molecule has 19 heavy (non-hydrogen) atoms. The molecule has 0 amide bonds. The molecule has 0 aromatic heterocycles. The average molecular weight is 264 g/mol. The van der Waals surface area contributed by atoms with Crippen LogP contribution in [-0.2, 0) is 4.79 Å². The molecule has 1 atom stereocenters. The minimum absolute atomic E-state index is 0.346. The predicted molar refractivity (Wildman–Crippen MR) is 63.8 cm³/mol. The van der Waals surface area contributed by atoms with E-state index in [9.17, 15) is 13.6 Å². The Morgan fingerprint density at radius 3 is 2.42 bits per heavy atom. The van der Waals surface area contributed by atoms with Gasteiger partial charge in [0.25, 0.3) is 0 Å². The Kier molecular flexibility index (Phi) is 3.75. The zero-order chi connectivity index (χ0) is 13.8. The Balaban J connectivity index is 2.32. The Labute approximate surface area is 108 Å². The van der Waals surface area contributed by atoms with Gasteiger partial charge in [-0.15, -0.1) is 0 Å². The monoisotopic (exact) mass is 264 g/mol. The standard InChI is InChI=1S/C14H10F2O3/c15-10-6-7-11(16)12(8-10)19-13(14(17)18)9-4-2-1-3-5-9/h1-8,13H,(H,17,18). The maximum atomic E-state index is 13.4. The van der Waals surface area contributed by atoms with Crippen LogP contribution in [0.5, 0.6) is 5.75 Å². The SMILES string of the molecule is O=C(O)C(Oc1cc(F)ccc1F)c1ccccc1. The van der Waals surface area contributed by atoms with Crippen LogP contribution in [0.4, 0.5) is 8.78 Å². The summed E-state index contributed by atoms with van der Waals surface area (Å²) in [6.45, 7) is 0. The molecule has 1 unspecified atom stereocenters. The number of halogens is 2. The molecule has 0 heterocycles. The first-order chi connectivity index (χ1) is 9.08. The van der Waals surface area contributed by atoms with E-state index in [0.29, 0.717) is 5.56 Å². The molecule has 0 bridgehead atoms. The van der Waals surface area contributed by atoms with E-state index in [-0.39, 0.29) is 0 Å². The smallest absolute Gasteiger partial charge is 0.349 e. The largest absolute Gasteiger partial charge is 0.478 e. The van der Waals surface area contributed by atoms with Crippen molar-refractivity contribution in [1.29, 1.82) is 0 Å². The van der Waals surface area contributed by atoms with Crippen molar-refractivity contribution in [3.63, 3.8) is 0 Å². The number of carboxylic acids is 1. The second-order valence-electron chi connectivity index (χ2n) is 3.82. The molecule has 0 aliphatic heterocycles. The van der Waals surface area contributed by atoms with E-state index in [0.717, 1.165) is 18.2 Å². The van der Waals surface area contributed by atoms with Crippen molar-refractivity contribution >= 4 is 5.97 Å². The molecule has 98 valence electrons. The van der Waals surface area contributed by atoms with Crippen molar-refractivity contribution in [1.82, 2.24) is 0 Å². The van der Waals surface area contributed by atoms with Gasteiger partial charge >= 0.3 is 5.97 Å². The lowest BCUT2D eigenvalue weighted by molar-refractivity contribution is -0.145. The van der Waals surface area contributed by atoms with E-state index in [1.54, 1.807) is 18.2 Å². The number of carbonyl (C=O) groups is 1. The molecular weight excluding hydrogens is 254 g/mol. The second kappa shape index (κ2) is 5.48. The zero-order valence-electron chi connectivity index (χ0n) is 9.72. The van der Waals surface area contributed by atoms with E-state index in [1.165, 1.54) is 12.1 Å². The van der Waals surface area contributed by atoms with Gasteiger partial charge in [-0.1, -0.05) is 30.3 Å². The van der Waals surface area contributed by atoms with Gasteiger partial charge in [-0.05, 0) is 12.1 Å². The van der Waals surface area contributed by atoms with Crippen molar-refractivity contribution in [2.45, 2.75) is 6.10 Å². The van der Waals surface area contributed by atoms with E-state index >= 15 is 0 Å². The minimum atomic E-state index is -1.39. The number of aliphatic carboxylic acids is 1. The average Bonchev–Trinajstić information content (AvgIpc) is 2.40. The van der Waals surface area contributed by atoms with Crippen molar-refractivity contribution in [3.05, 3.63) is 65.7 Å². The number of hydrogen-bond donors (Lipinski definition) is 1. The van der Waals surface area contributed by atoms with E-state index in [1.807, 2.05) is 0 Å². The maximum Gasteiger partial charge on any atom is 0.349 e. The van der Waals surface area contributed by atoms with Gasteiger partial charge in [0.1, 0.15) is 5.82 Å². The summed E-state index contributed by atoms with van der Waals surface area (Å²) < 4.78 is 31.5. The van der Waals surface area contributed by atoms with Crippen molar-refractivity contribution in [2.24, 2.45) is 0 Å². The van der Waals surface area contributed by atoms with Gasteiger partial charge in [0.2, 0.25) is 6.10 Å². The number of rotatable bonds is 4. The Morgan fingerprint density at radius 1 is 1.11 bits per heavy atom. The van der Waals surface area contributed by atoms with E-state index < -0.39 is 29.5 Å². The Hall–Kier alpha value is -2.43. The number of ether oxygens (including phenoxy) is 1. The van der Waals surface area contributed by atoms with Gasteiger partial charge in [-0.2, -0.15) is 0 Å². The van der Waals surface area contributed by atoms with Crippen LogP contribution in [0.15, 0.2) is 48.5 Å². The first-order valence-electron chi connectivity index (χ1n) is 5.47. The molecular formula is C14H10F2O3. The minimum Gasteiger partial charge on any atom is -0.478 e. The summed E-state index contributed by atoms with van der Waals surface area (Å²) in [4.78, 5) is 11.2. The molecule has 0 aliphatic carbocycles. The number of carboxylic acid groups (broad SMARTS) is 1. The molecule has 0 fully saturated rings. The summed E-state index contributed by atoms with van der Waals surface area (Å²) in [5.74, 6) is -3.23. The van der Waals surface area contributed by atoms with Crippen molar-refractivity contribution in [3.8, 4) is 5.75 Å². The fraction of sp³-hybridized carbons (Fsp3) is 0.0714. The van der Waals surface area contributed by atoms with Crippen LogP contribution < -0.4 is 4.74 Å². The van der Waals surface area contributed by atoms with E-state index in [4.69, 9.17) is 9.84 Å². The normalized spacial score (nSPS) is 11.9. The fourth-order valence-corrected chi connectivity index (χ4v) is 1.58. The van der Waals surface area contributed by atoms with E-state index in [2.05, 4.69) is 0 Å². The highest BCUT2D eigenvalue weighted by Crippen LogP contribution is 2.25. The lowest BCUT2D eigenvalue weighted by Gasteiger charge is -2.15. The highest BCUT2D eigenvalue weighted by molar-refractivity contribution is 5.74. The Bertz CT molecular complexity index is 584. The quantitative estimate of drug-likeness (QED) is 0.922. The first-order valence-corrected chi connectivity index (χ1v) is 5.47. The summed E-state index contributed by atoms with van der Waals surface area (Å²) in [7, 11) is 0. The predicted octanol–water partition coefficient (Wildman–Crippen LogP) is 3.17. The Morgan fingerprint density at radius 2 is 1.79 bits per heavy atom. The van der Waals surface area contributed by atoms with Crippen LogP contribution >= 0.6 is 0 Å². The summed E-state index contributed by atoms with van der Waals surface area (Å²) in [5, 5.41) is 9.11. The van der Waals surface area contributed by atoms with Crippen LogP contribution in [0, 0.1) is 11.6 Å². The van der Waals surface area contributed by atoms with Crippen LogP contribution in [0.1, 0.15) is 11.7 Å². The lowest BCUT2D eigenvalue weighted by atomic mass is 10.1. The first kappa shape index (κ1) is 13.0. The molecule has 0 spiro atoms. The molecule has 5 heteroatoms. The van der Waals surface area contributed by atoms with Crippen molar-refractivity contribution in [2.75, 3.05) is 0 Å². The molecule has 0 saturated heterocycles.